The quantitative estimate of drug-likeness (QED) is 0.656. The van der Waals surface area contributed by atoms with E-state index in [1.807, 2.05) is 24.3 Å². The van der Waals surface area contributed by atoms with Crippen LogP contribution in [0, 0.1) is 6.07 Å². The normalized spacial score (nSPS) is 10.4. The van der Waals surface area contributed by atoms with Crippen molar-refractivity contribution in [2.24, 2.45) is 0 Å². The molecule has 0 saturated heterocycles. The largest absolute Gasteiger partial charge is 0.506 e. The maximum absolute atomic E-state index is 9.23. The van der Waals surface area contributed by atoms with Gasteiger partial charge in [-0.25, -0.2) is 0 Å². The van der Waals surface area contributed by atoms with E-state index < -0.39 is 0 Å². The topological polar surface area (TPSA) is 20.2 Å². The van der Waals surface area contributed by atoms with Gasteiger partial charge in [-0.15, -0.1) is 0 Å². The lowest BCUT2D eigenvalue weighted by Gasteiger charge is -1.99. The molecule has 0 amide bonds. The van der Waals surface area contributed by atoms with Gasteiger partial charge >= 0.3 is 0 Å². The van der Waals surface area contributed by atoms with Crippen molar-refractivity contribution in [2.75, 3.05) is 0 Å². The molecule has 0 fully saturated rings. The van der Waals surface area contributed by atoms with E-state index in [1.165, 1.54) is 0 Å². The fraction of sp³-hybridized carbons (Fsp3) is 0. The third-order valence-electron chi connectivity index (χ3n) is 1.72. The molecule has 2 rings (SSSR count). The Morgan fingerprint density at radius 2 is 2.00 bits per heavy atom. The average molecular weight is 178 g/mol. The van der Waals surface area contributed by atoms with E-state index in [2.05, 4.69) is 6.07 Å². The van der Waals surface area contributed by atoms with Crippen LogP contribution in [0.15, 0.2) is 30.3 Å². The first-order chi connectivity index (χ1) is 5.77. The molecule has 0 aromatic heterocycles. The zero-order valence-corrected chi connectivity index (χ0v) is 6.97. The SMILES string of the molecule is Oc1[c]c2ccccc2cc1Cl. The van der Waals surface area contributed by atoms with Crippen molar-refractivity contribution in [3.05, 3.63) is 41.4 Å². The van der Waals surface area contributed by atoms with Gasteiger partial charge in [-0.05, 0) is 16.8 Å². The molecule has 2 aromatic rings. The minimum absolute atomic E-state index is 0.00960. The summed E-state index contributed by atoms with van der Waals surface area (Å²) in [6, 6.07) is 12.1. The predicted octanol–water partition coefficient (Wildman–Crippen LogP) is 3.00. The van der Waals surface area contributed by atoms with Crippen molar-refractivity contribution in [1.29, 1.82) is 0 Å². The zero-order valence-electron chi connectivity index (χ0n) is 6.21. The van der Waals surface area contributed by atoms with Gasteiger partial charge in [0.05, 0.1) is 5.02 Å². The summed E-state index contributed by atoms with van der Waals surface area (Å²) in [5, 5.41) is 11.4. The summed E-state index contributed by atoms with van der Waals surface area (Å²) in [6.07, 6.45) is 0. The van der Waals surface area contributed by atoms with Crippen LogP contribution < -0.4 is 0 Å². The first kappa shape index (κ1) is 7.44. The second-order valence-corrected chi connectivity index (χ2v) is 2.96. The molecule has 0 saturated carbocycles. The highest BCUT2D eigenvalue weighted by Crippen LogP contribution is 2.27. The van der Waals surface area contributed by atoms with Crippen LogP contribution in [0.5, 0.6) is 5.75 Å². The molecule has 1 N–H and O–H groups in total. The molecular weight excluding hydrogens is 172 g/mol. The fourth-order valence-electron chi connectivity index (χ4n) is 1.13. The van der Waals surface area contributed by atoms with Crippen molar-refractivity contribution in [1.82, 2.24) is 0 Å². The van der Waals surface area contributed by atoms with Gasteiger partial charge < -0.3 is 5.11 Å². The summed E-state index contributed by atoms with van der Waals surface area (Å²) in [5.74, 6) is 0.00960. The van der Waals surface area contributed by atoms with Crippen LogP contribution in [0.1, 0.15) is 0 Å². The number of aromatic hydroxyl groups is 1. The summed E-state index contributed by atoms with van der Waals surface area (Å²) >= 11 is 5.71. The smallest absolute Gasteiger partial charge is 0.142 e. The van der Waals surface area contributed by atoms with Crippen LogP contribution in [0.3, 0.4) is 0 Å². The maximum atomic E-state index is 9.23. The zero-order chi connectivity index (χ0) is 8.55. The minimum atomic E-state index is 0.00960. The molecule has 1 radical (unpaired) electrons. The molecular formula is C10H6ClO. The first-order valence-electron chi connectivity index (χ1n) is 3.57. The molecule has 0 aliphatic heterocycles. The minimum Gasteiger partial charge on any atom is -0.506 e. The Labute approximate surface area is 75.2 Å². The van der Waals surface area contributed by atoms with Crippen molar-refractivity contribution < 1.29 is 5.11 Å². The Balaban J connectivity index is 2.84. The molecule has 0 atom stereocenters. The lowest BCUT2D eigenvalue weighted by Crippen LogP contribution is -1.73. The number of hydrogen-bond donors (Lipinski definition) is 1. The number of phenolic OH excluding ortho intramolecular Hbond substituents is 1. The van der Waals surface area contributed by atoms with E-state index in [0.717, 1.165) is 10.8 Å². The fourth-order valence-corrected chi connectivity index (χ4v) is 1.29. The highest BCUT2D eigenvalue weighted by molar-refractivity contribution is 6.32. The predicted molar refractivity (Wildman–Crippen MR) is 49.5 cm³/mol. The van der Waals surface area contributed by atoms with Crippen LogP contribution in [-0.2, 0) is 0 Å². The molecule has 12 heavy (non-hydrogen) atoms. The van der Waals surface area contributed by atoms with Crippen molar-refractivity contribution >= 4 is 22.4 Å². The molecule has 0 spiro atoms. The number of phenols is 1. The Bertz CT molecular complexity index is 383. The van der Waals surface area contributed by atoms with Gasteiger partial charge in [0.1, 0.15) is 5.75 Å². The van der Waals surface area contributed by atoms with Gasteiger partial charge in [0.15, 0.2) is 0 Å². The Morgan fingerprint density at radius 3 is 2.83 bits per heavy atom. The van der Waals surface area contributed by atoms with E-state index in [9.17, 15) is 5.11 Å². The molecule has 0 aliphatic carbocycles. The second kappa shape index (κ2) is 2.68. The lowest BCUT2D eigenvalue weighted by molar-refractivity contribution is 0.475. The first-order valence-corrected chi connectivity index (χ1v) is 3.95. The number of halogens is 1. The maximum Gasteiger partial charge on any atom is 0.142 e. The number of benzene rings is 2. The standard InChI is InChI=1S/C10H6ClO/c11-9-5-7-3-1-2-4-8(7)6-10(9)12/h1-5,12H. The van der Waals surface area contributed by atoms with Crippen molar-refractivity contribution in [3.63, 3.8) is 0 Å². The highest BCUT2D eigenvalue weighted by atomic mass is 35.5. The molecule has 0 aliphatic rings. The van der Waals surface area contributed by atoms with Crippen LogP contribution in [0.4, 0.5) is 0 Å². The number of hydrogen-bond acceptors (Lipinski definition) is 1. The Hall–Kier alpha value is -1.21. The van der Waals surface area contributed by atoms with Crippen LogP contribution in [0.25, 0.3) is 10.8 Å². The van der Waals surface area contributed by atoms with E-state index in [1.54, 1.807) is 6.07 Å². The molecule has 59 valence electrons. The average Bonchev–Trinajstić information content (AvgIpc) is 2.07. The van der Waals surface area contributed by atoms with Gasteiger partial charge in [0, 0.05) is 6.07 Å². The summed E-state index contributed by atoms with van der Waals surface area (Å²) in [6.45, 7) is 0. The molecule has 2 heteroatoms. The summed E-state index contributed by atoms with van der Waals surface area (Å²) in [4.78, 5) is 0. The second-order valence-electron chi connectivity index (χ2n) is 2.55. The molecule has 1 nitrogen and oxygen atoms in total. The van der Waals surface area contributed by atoms with Gasteiger partial charge in [0.2, 0.25) is 0 Å². The van der Waals surface area contributed by atoms with E-state index in [-0.39, 0.29) is 5.75 Å². The van der Waals surface area contributed by atoms with E-state index in [0.29, 0.717) is 5.02 Å². The van der Waals surface area contributed by atoms with Crippen molar-refractivity contribution in [3.8, 4) is 5.75 Å². The van der Waals surface area contributed by atoms with Gasteiger partial charge in [0.25, 0.3) is 0 Å². The van der Waals surface area contributed by atoms with E-state index in [4.69, 9.17) is 11.6 Å². The third-order valence-corrected chi connectivity index (χ3v) is 2.01. The van der Waals surface area contributed by atoms with E-state index >= 15 is 0 Å². The summed E-state index contributed by atoms with van der Waals surface area (Å²) in [7, 11) is 0. The Kier molecular flexibility index (Phi) is 1.66. The van der Waals surface area contributed by atoms with Gasteiger partial charge in [-0.3, -0.25) is 0 Å². The summed E-state index contributed by atoms with van der Waals surface area (Å²) < 4.78 is 0. The molecule has 0 bridgehead atoms. The van der Waals surface area contributed by atoms with Crippen LogP contribution in [0.2, 0.25) is 5.02 Å². The lowest BCUT2D eigenvalue weighted by atomic mass is 10.1. The van der Waals surface area contributed by atoms with Crippen LogP contribution in [-0.4, -0.2) is 5.11 Å². The Morgan fingerprint density at radius 1 is 1.25 bits per heavy atom. The van der Waals surface area contributed by atoms with Crippen LogP contribution >= 0.6 is 11.6 Å². The third kappa shape index (κ3) is 1.12. The molecule has 0 unspecified atom stereocenters. The van der Waals surface area contributed by atoms with Gasteiger partial charge in [-0.2, -0.15) is 0 Å². The van der Waals surface area contributed by atoms with Crippen molar-refractivity contribution in [2.45, 2.75) is 0 Å². The summed E-state index contributed by atoms with van der Waals surface area (Å²) in [5.41, 5.74) is 0. The van der Waals surface area contributed by atoms with Gasteiger partial charge in [-0.1, -0.05) is 35.9 Å². The number of fused-ring (bicyclic) bond motifs is 1. The molecule has 0 heterocycles. The molecule has 2 aromatic carbocycles. The monoisotopic (exact) mass is 177 g/mol. The number of rotatable bonds is 0. The highest BCUT2D eigenvalue weighted by Gasteiger charge is 1.99.